The highest BCUT2D eigenvalue weighted by Crippen LogP contribution is 2.38. The van der Waals surface area contributed by atoms with E-state index in [9.17, 15) is 4.39 Å². The molecule has 1 aliphatic carbocycles. The molecular weight excluding hydrogens is 281 g/mol. The number of hydrogen-bond donors (Lipinski definition) is 1. The van der Waals surface area contributed by atoms with E-state index in [1.807, 2.05) is 12.1 Å². The average Bonchev–Trinajstić information content (AvgIpc) is 3.10. The monoisotopic (exact) mass is 295 g/mol. The lowest BCUT2D eigenvalue weighted by Crippen LogP contribution is -1.99. The fourth-order valence-corrected chi connectivity index (χ4v) is 3.77. The van der Waals surface area contributed by atoms with Crippen molar-refractivity contribution in [2.75, 3.05) is 5.32 Å². The molecule has 6 heteroatoms. The van der Waals surface area contributed by atoms with Crippen LogP contribution in [0.25, 0.3) is 0 Å². The van der Waals surface area contributed by atoms with Crippen LogP contribution in [0.15, 0.2) is 28.6 Å². The zero-order valence-corrected chi connectivity index (χ0v) is 12.1. The SMILES string of the molecule is C[C@H](Sc1nnc(NC2CC2)s1)c1ccc(F)cc1. The first kappa shape index (κ1) is 12.9. The summed E-state index contributed by atoms with van der Waals surface area (Å²) in [4.78, 5) is 0. The summed E-state index contributed by atoms with van der Waals surface area (Å²) in [5, 5.41) is 12.8. The molecule has 1 aliphatic rings. The third-order valence-electron chi connectivity index (χ3n) is 2.93. The summed E-state index contributed by atoms with van der Waals surface area (Å²) in [5.41, 5.74) is 1.10. The molecule has 0 saturated heterocycles. The Morgan fingerprint density at radius 3 is 2.74 bits per heavy atom. The van der Waals surface area contributed by atoms with Gasteiger partial charge in [0, 0.05) is 11.3 Å². The van der Waals surface area contributed by atoms with Crippen molar-refractivity contribution in [1.82, 2.24) is 10.2 Å². The van der Waals surface area contributed by atoms with Crippen LogP contribution < -0.4 is 5.32 Å². The molecule has 0 unspecified atom stereocenters. The van der Waals surface area contributed by atoms with Gasteiger partial charge in [0.15, 0.2) is 4.34 Å². The van der Waals surface area contributed by atoms with E-state index in [-0.39, 0.29) is 11.1 Å². The lowest BCUT2D eigenvalue weighted by molar-refractivity contribution is 0.627. The molecule has 0 bridgehead atoms. The second-order valence-electron chi connectivity index (χ2n) is 4.60. The van der Waals surface area contributed by atoms with Crippen molar-refractivity contribution in [2.24, 2.45) is 0 Å². The van der Waals surface area contributed by atoms with Gasteiger partial charge in [0.2, 0.25) is 5.13 Å². The third kappa shape index (κ3) is 3.45. The van der Waals surface area contributed by atoms with Gasteiger partial charge in [-0.2, -0.15) is 0 Å². The minimum absolute atomic E-state index is 0.201. The van der Waals surface area contributed by atoms with Crippen LogP contribution in [0.2, 0.25) is 0 Å². The number of benzene rings is 1. The second-order valence-corrected chi connectivity index (χ2v) is 7.17. The summed E-state index contributed by atoms with van der Waals surface area (Å²) in [7, 11) is 0. The standard InChI is InChI=1S/C13H14FN3S2/c1-8(9-2-4-10(14)5-3-9)18-13-17-16-12(19-13)15-11-6-7-11/h2-5,8,11H,6-7H2,1H3,(H,15,16)/t8-/m0/s1. The average molecular weight is 295 g/mol. The molecular formula is C13H14FN3S2. The minimum Gasteiger partial charge on any atom is -0.357 e. The number of aromatic nitrogens is 2. The van der Waals surface area contributed by atoms with E-state index in [1.54, 1.807) is 23.1 Å². The molecule has 1 aromatic carbocycles. The maximum atomic E-state index is 12.9. The van der Waals surface area contributed by atoms with Crippen molar-refractivity contribution in [3.8, 4) is 0 Å². The maximum absolute atomic E-state index is 12.9. The molecule has 1 heterocycles. The lowest BCUT2D eigenvalue weighted by Gasteiger charge is -2.08. The van der Waals surface area contributed by atoms with Crippen LogP contribution in [-0.2, 0) is 0 Å². The topological polar surface area (TPSA) is 37.8 Å². The Kier molecular flexibility index (Phi) is 3.70. The first-order chi connectivity index (χ1) is 9.20. The molecule has 0 radical (unpaired) electrons. The zero-order valence-electron chi connectivity index (χ0n) is 10.5. The maximum Gasteiger partial charge on any atom is 0.206 e. The molecule has 100 valence electrons. The highest BCUT2D eigenvalue weighted by atomic mass is 32.2. The molecule has 0 aliphatic heterocycles. The minimum atomic E-state index is -0.201. The highest BCUT2D eigenvalue weighted by molar-refractivity contribution is 8.01. The van der Waals surface area contributed by atoms with Crippen molar-refractivity contribution >= 4 is 28.2 Å². The van der Waals surface area contributed by atoms with E-state index in [0.29, 0.717) is 6.04 Å². The summed E-state index contributed by atoms with van der Waals surface area (Å²) < 4.78 is 13.8. The van der Waals surface area contributed by atoms with E-state index < -0.39 is 0 Å². The third-order valence-corrected chi connectivity index (χ3v) is 5.03. The Balaban J connectivity index is 1.63. The van der Waals surface area contributed by atoms with Crippen LogP contribution >= 0.6 is 23.1 Å². The van der Waals surface area contributed by atoms with E-state index in [0.717, 1.165) is 15.0 Å². The van der Waals surface area contributed by atoms with E-state index >= 15 is 0 Å². The Bertz CT molecular complexity index is 551. The van der Waals surface area contributed by atoms with Crippen molar-refractivity contribution < 1.29 is 4.39 Å². The van der Waals surface area contributed by atoms with Gasteiger partial charge in [0.1, 0.15) is 5.82 Å². The number of halogens is 1. The van der Waals surface area contributed by atoms with Gasteiger partial charge >= 0.3 is 0 Å². The predicted molar refractivity (Wildman–Crippen MR) is 77.2 cm³/mol. The van der Waals surface area contributed by atoms with E-state index in [1.165, 1.54) is 25.0 Å². The Morgan fingerprint density at radius 2 is 2.05 bits per heavy atom. The first-order valence-electron chi connectivity index (χ1n) is 6.23. The summed E-state index contributed by atoms with van der Waals surface area (Å²) in [6, 6.07) is 7.22. The van der Waals surface area contributed by atoms with Crippen molar-refractivity contribution in [2.45, 2.75) is 35.4 Å². The Hall–Kier alpha value is -1.14. The zero-order chi connectivity index (χ0) is 13.2. The molecule has 0 amide bonds. The molecule has 1 N–H and O–H groups in total. The lowest BCUT2D eigenvalue weighted by atomic mass is 10.2. The van der Waals surface area contributed by atoms with Crippen LogP contribution in [0.4, 0.5) is 9.52 Å². The van der Waals surface area contributed by atoms with Gasteiger partial charge in [-0.1, -0.05) is 35.2 Å². The number of rotatable bonds is 5. The summed E-state index contributed by atoms with van der Waals surface area (Å²) >= 11 is 3.24. The molecule has 1 fully saturated rings. The molecule has 1 aromatic heterocycles. The van der Waals surface area contributed by atoms with E-state index in [2.05, 4.69) is 22.4 Å². The van der Waals surface area contributed by atoms with Crippen LogP contribution in [0, 0.1) is 5.82 Å². The molecule has 3 rings (SSSR count). The molecule has 0 spiro atoms. The number of thioether (sulfide) groups is 1. The van der Waals surface area contributed by atoms with Crippen LogP contribution in [0.1, 0.15) is 30.6 Å². The van der Waals surface area contributed by atoms with Gasteiger partial charge in [-0.3, -0.25) is 0 Å². The second kappa shape index (κ2) is 5.46. The molecule has 3 nitrogen and oxygen atoms in total. The fraction of sp³-hybridized carbons (Fsp3) is 0.385. The van der Waals surface area contributed by atoms with Crippen molar-refractivity contribution in [3.63, 3.8) is 0 Å². The Labute approximate surface area is 119 Å². The summed E-state index contributed by atoms with van der Waals surface area (Å²) in [5.74, 6) is -0.201. The smallest absolute Gasteiger partial charge is 0.206 e. The molecule has 2 aromatic rings. The normalized spacial score (nSPS) is 16.3. The number of nitrogens with zero attached hydrogens (tertiary/aromatic N) is 2. The first-order valence-corrected chi connectivity index (χ1v) is 7.92. The van der Waals surface area contributed by atoms with Crippen LogP contribution in [0.5, 0.6) is 0 Å². The quantitative estimate of drug-likeness (QED) is 0.843. The highest BCUT2D eigenvalue weighted by Gasteiger charge is 2.22. The summed E-state index contributed by atoms with van der Waals surface area (Å²) in [6.45, 7) is 2.09. The Morgan fingerprint density at radius 1 is 1.32 bits per heavy atom. The molecule has 1 saturated carbocycles. The van der Waals surface area contributed by atoms with Crippen LogP contribution in [-0.4, -0.2) is 16.2 Å². The van der Waals surface area contributed by atoms with Gasteiger partial charge in [-0.15, -0.1) is 10.2 Å². The van der Waals surface area contributed by atoms with Gasteiger partial charge in [-0.25, -0.2) is 4.39 Å². The molecule has 1 atom stereocenters. The van der Waals surface area contributed by atoms with Crippen molar-refractivity contribution in [3.05, 3.63) is 35.6 Å². The summed E-state index contributed by atoms with van der Waals surface area (Å²) in [6.07, 6.45) is 2.46. The number of nitrogens with one attached hydrogen (secondary N) is 1. The van der Waals surface area contributed by atoms with Crippen LogP contribution in [0.3, 0.4) is 0 Å². The fourth-order valence-electron chi connectivity index (χ4n) is 1.67. The van der Waals surface area contributed by atoms with Crippen molar-refractivity contribution in [1.29, 1.82) is 0 Å². The predicted octanol–water partition coefficient (Wildman–Crippen LogP) is 4.10. The molecule has 19 heavy (non-hydrogen) atoms. The van der Waals surface area contributed by atoms with Gasteiger partial charge in [0.25, 0.3) is 0 Å². The van der Waals surface area contributed by atoms with E-state index in [4.69, 9.17) is 0 Å². The van der Waals surface area contributed by atoms with Gasteiger partial charge < -0.3 is 5.32 Å². The number of hydrogen-bond acceptors (Lipinski definition) is 5. The number of anilines is 1. The van der Waals surface area contributed by atoms with Gasteiger partial charge in [-0.05, 0) is 37.5 Å². The largest absolute Gasteiger partial charge is 0.357 e. The van der Waals surface area contributed by atoms with Gasteiger partial charge in [0.05, 0.1) is 0 Å².